The number of carbonyl (C=O) groups is 1. The van der Waals surface area contributed by atoms with Gasteiger partial charge in [-0.15, -0.1) is 0 Å². The number of carbonyl (C=O) groups excluding carboxylic acids is 1. The van der Waals surface area contributed by atoms with Gasteiger partial charge in [0, 0.05) is 17.8 Å². The molecule has 0 saturated heterocycles. The summed E-state index contributed by atoms with van der Waals surface area (Å²) in [4.78, 5) is 11.8. The van der Waals surface area contributed by atoms with Gasteiger partial charge in [0.15, 0.2) is 0 Å². The highest BCUT2D eigenvalue weighted by atomic mass is 32.2. The first-order valence-electron chi connectivity index (χ1n) is 7.85. The highest BCUT2D eigenvalue weighted by molar-refractivity contribution is 7.92. The number of sulfonamides is 1. The molecule has 2 aromatic carbocycles. The SMILES string of the molecule is CCNC(=O)c1cccc(NS(=O)(=O)CC(C)c2ccccc2)c1. The van der Waals surface area contributed by atoms with Crippen LogP contribution in [0.25, 0.3) is 0 Å². The van der Waals surface area contributed by atoms with Crippen molar-refractivity contribution in [3.05, 3.63) is 65.7 Å². The van der Waals surface area contributed by atoms with Gasteiger partial charge < -0.3 is 5.32 Å². The molecule has 1 unspecified atom stereocenters. The Morgan fingerprint density at radius 1 is 1.08 bits per heavy atom. The van der Waals surface area contributed by atoms with E-state index in [1.807, 2.05) is 44.2 Å². The van der Waals surface area contributed by atoms with E-state index < -0.39 is 10.0 Å². The Hall–Kier alpha value is -2.34. The number of hydrogen-bond donors (Lipinski definition) is 2. The molecule has 1 atom stereocenters. The van der Waals surface area contributed by atoms with E-state index in [0.29, 0.717) is 17.8 Å². The van der Waals surface area contributed by atoms with Gasteiger partial charge in [-0.1, -0.05) is 43.3 Å². The summed E-state index contributed by atoms with van der Waals surface area (Å²) in [6, 6.07) is 16.0. The third kappa shape index (κ3) is 5.09. The lowest BCUT2D eigenvalue weighted by Crippen LogP contribution is -2.23. The van der Waals surface area contributed by atoms with Gasteiger partial charge in [0.25, 0.3) is 5.91 Å². The normalized spacial score (nSPS) is 12.4. The maximum atomic E-state index is 12.4. The van der Waals surface area contributed by atoms with Crippen LogP contribution in [0.5, 0.6) is 0 Å². The van der Waals surface area contributed by atoms with Crippen LogP contribution in [0.3, 0.4) is 0 Å². The van der Waals surface area contributed by atoms with Crippen LogP contribution in [0, 0.1) is 0 Å². The molecular formula is C18H22N2O3S. The van der Waals surface area contributed by atoms with Gasteiger partial charge >= 0.3 is 0 Å². The van der Waals surface area contributed by atoms with Crippen LogP contribution in [0.1, 0.15) is 35.7 Å². The summed E-state index contributed by atoms with van der Waals surface area (Å²) in [6.07, 6.45) is 0. The van der Waals surface area contributed by atoms with E-state index in [-0.39, 0.29) is 17.6 Å². The minimum atomic E-state index is -3.52. The molecule has 1 amide bonds. The third-order valence-corrected chi connectivity index (χ3v) is 5.06. The first-order valence-corrected chi connectivity index (χ1v) is 9.50. The van der Waals surface area contributed by atoms with E-state index in [0.717, 1.165) is 5.56 Å². The molecule has 2 aromatic rings. The zero-order valence-electron chi connectivity index (χ0n) is 13.8. The van der Waals surface area contributed by atoms with Gasteiger partial charge in [0.05, 0.1) is 5.75 Å². The van der Waals surface area contributed by atoms with Crippen LogP contribution in [0.15, 0.2) is 54.6 Å². The molecule has 0 radical (unpaired) electrons. The Morgan fingerprint density at radius 2 is 1.79 bits per heavy atom. The fraction of sp³-hybridized carbons (Fsp3) is 0.278. The van der Waals surface area contributed by atoms with Crippen molar-refractivity contribution in [3.63, 3.8) is 0 Å². The number of benzene rings is 2. The van der Waals surface area contributed by atoms with Crippen molar-refractivity contribution in [2.45, 2.75) is 19.8 Å². The Balaban J connectivity index is 2.09. The van der Waals surface area contributed by atoms with Crippen molar-refractivity contribution < 1.29 is 13.2 Å². The fourth-order valence-electron chi connectivity index (χ4n) is 2.41. The van der Waals surface area contributed by atoms with Crippen molar-refractivity contribution in [2.75, 3.05) is 17.0 Å². The Labute approximate surface area is 143 Å². The molecule has 0 aliphatic rings. The average Bonchev–Trinajstić information content (AvgIpc) is 2.55. The lowest BCUT2D eigenvalue weighted by molar-refractivity contribution is 0.0956. The van der Waals surface area contributed by atoms with E-state index in [1.54, 1.807) is 18.2 Å². The summed E-state index contributed by atoms with van der Waals surface area (Å²) < 4.78 is 27.3. The molecule has 0 aromatic heterocycles. The van der Waals surface area contributed by atoms with Crippen LogP contribution in [-0.4, -0.2) is 26.6 Å². The van der Waals surface area contributed by atoms with Crippen LogP contribution in [0.2, 0.25) is 0 Å². The number of anilines is 1. The average molecular weight is 346 g/mol. The Kier molecular flexibility index (Phi) is 5.98. The summed E-state index contributed by atoms with van der Waals surface area (Å²) in [5, 5.41) is 2.69. The van der Waals surface area contributed by atoms with Crippen LogP contribution in [0.4, 0.5) is 5.69 Å². The number of hydrogen-bond acceptors (Lipinski definition) is 3. The number of rotatable bonds is 7. The van der Waals surface area contributed by atoms with E-state index in [1.165, 1.54) is 6.07 Å². The second-order valence-corrected chi connectivity index (χ2v) is 7.40. The van der Waals surface area contributed by atoms with Crippen LogP contribution in [-0.2, 0) is 10.0 Å². The molecule has 0 aliphatic heterocycles. The molecule has 6 heteroatoms. The van der Waals surface area contributed by atoms with E-state index in [2.05, 4.69) is 10.0 Å². The Bertz CT molecular complexity index is 789. The molecular weight excluding hydrogens is 324 g/mol. The second-order valence-electron chi connectivity index (χ2n) is 5.64. The molecule has 24 heavy (non-hydrogen) atoms. The minimum absolute atomic E-state index is 0.0254. The summed E-state index contributed by atoms with van der Waals surface area (Å²) in [6.45, 7) is 4.22. The van der Waals surface area contributed by atoms with Crippen molar-refractivity contribution >= 4 is 21.6 Å². The predicted octanol–water partition coefficient (Wildman–Crippen LogP) is 2.98. The Morgan fingerprint density at radius 3 is 2.46 bits per heavy atom. The van der Waals surface area contributed by atoms with Gasteiger partial charge in [-0.05, 0) is 36.6 Å². The zero-order valence-corrected chi connectivity index (χ0v) is 14.6. The molecule has 5 nitrogen and oxygen atoms in total. The van der Waals surface area contributed by atoms with Crippen LogP contribution < -0.4 is 10.0 Å². The van der Waals surface area contributed by atoms with Gasteiger partial charge in [0.2, 0.25) is 10.0 Å². The van der Waals surface area contributed by atoms with Gasteiger partial charge in [-0.2, -0.15) is 0 Å². The summed E-state index contributed by atoms with van der Waals surface area (Å²) in [5.74, 6) is -0.381. The topological polar surface area (TPSA) is 75.3 Å². The molecule has 0 spiro atoms. The lowest BCUT2D eigenvalue weighted by atomic mass is 10.0. The quantitative estimate of drug-likeness (QED) is 0.809. The second kappa shape index (κ2) is 7.97. The number of nitrogens with one attached hydrogen (secondary N) is 2. The molecule has 0 bridgehead atoms. The maximum absolute atomic E-state index is 12.4. The van der Waals surface area contributed by atoms with Crippen molar-refractivity contribution in [1.29, 1.82) is 0 Å². The largest absolute Gasteiger partial charge is 0.352 e. The van der Waals surface area contributed by atoms with Crippen LogP contribution >= 0.6 is 0 Å². The molecule has 0 aliphatic carbocycles. The van der Waals surface area contributed by atoms with Gasteiger partial charge in [-0.25, -0.2) is 8.42 Å². The van der Waals surface area contributed by atoms with E-state index in [4.69, 9.17) is 0 Å². The first kappa shape index (κ1) is 18.0. The first-order chi connectivity index (χ1) is 11.4. The molecule has 0 fully saturated rings. The molecule has 128 valence electrons. The zero-order chi connectivity index (χ0) is 17.6. The van der Waals surface area contributed by atoms with E-state index in [9.17, 15) is 13.2 Å². The van der Waals surface area contributed by atoms with Gasteiger partial charge in [0.1, 0.15) is 0 Å². The van der Waals surface area contributed by atoms with Gasteiger partial charge in [-0.3, -0.25) is 9.52 Å². The summed E-state index contributed by atoms with van der Waals surface area (Å²) >= 11 is 0. The maximum Gasteiger partial charge on any atom is 0.251 e. The molecule has 2 N–H and O–H groups in total. The van der Waals surface area contributed by atoms with Crippen molar-refractivity contribution in [2.24, 2.45) is 0 Å². The monoisotopic (exact) mass is 346 g/mol. The fourth-order valence-corrected chi connectivity index (χ4v) is 3.83. The number of amides is 1. The van der Waals surface area contributed by atoms with Crippen molar-refractivity contribution in [3.8, 4) is 0 Å². The highest BCUT2D eigenvalue weighted by Gasteiger charge is 2.17. The molecule has 0 heterocycles. The molecule has 0 saturated carbocycles. The smallest absolute Gasteiger partial charge is 0.251 e. The lowest BCUT2D eigenvalue weighted by Gasteiger charge is -2.14. The minimum Gasteiger partial charge on any atom is -0.352 e. The summed E-state index contributed by atoms with van der Waals surface area (Å²) in [5.41, 5.74) is 1.78. The molecule has 2 rings (SSSR count). The third-order valence-electron chi connectivity index (χ3n) is 3.57. The van der Waals surface area contributed by atoms with Crippen molar-refractivity contribution in [1.82, 2.24) is 5.32 Å². The van der Waals surface area contributed by atoms with E-state index >= 15 is 0 Å². The summed E-state index contributed by atoms with van der Waals surface area (Å²) in [7, 11) is -3.52. The standard InChI is InChI=1S/C18H22N2O3S/c1-3-19-18(21)16-10-7-11-17(12-16)20-24(22,23)13-14(2)15-8-5-4-6-9-15/h4-12,14,20H,3,13H2,1-2H3,(H,19,21). The highest BCUT2D eigenvalue weighted by Crippen LogP contribution is 2.19. The predicted molar refractivity (Wildman–Crippen MR) is 96.7 cm³/mol.